The minimum Gasteiger partial charge on any atom is -0.351 e. The van der Waals surface area contributed by atoms with E-state index in [1.807, 2.05) is 54.3 Å². The summed E-state index contributed by atoms with van der Waals surface area (Å²) in [6.07, 6.45) is 5.08. The lowest BCUT2D eigenvalue weighted by atomic mass is 9.94. The Balaban J connectivity index is 1.19. The summed E-state index contributed by atoms with van der Waals surface area (Å²) in [5.41, 5.74) is 5.15. The lowest BCUT2D eigenvalue weighted by molar-refractivity contribution is -0.126. The molecule has 0 spiro atoms. The number of nitrogens with zero attached hydrogens (tertiary/aromatic N) is 5. The average Bonchev–Trinajstić information content (AvgIpc) is 3.57. The van der Waals surface area contributed by atoms with Gasteiger partial charge in [0.25, 0.3) is 5.91 Å². The van der Waals surface area contributed by atoms with E-state index in [0.717, 1.165) is 39.1 Å². The van der Waals surface area contributed by atoms with E-state index < -0.39 is 0 Å². The summed E-state index contributed by atoms with van der Waals surface area (Å²) in [7, 11) is 0. The van der Waals surface area contributed by atoms with E-state index in [2.05, 4.69) is 49.2 Å². The van der Waals surface area contributed by atoms with Crippen LogP contribution >= 0.6 is 27.5 Å². The van der Waals surface area contributed by atoms with E-state index in [-0.39, 0.29) is 24.3 Å². The Hall–Kier alpha value is -3.43. The number of hydrogen-bond acceptors (Lipinski definition) is 4. The van der Waals surface area contributed by atoms with Crippen molar-refractivity contribution < 1.29 is 9.59 Å². The van der Waals surface area contributed by atoms with Gasteiger partial charge in [0.2, 0.25) is 5.91 Å². The molecule has 0 radical (unpaired) electrons. The number of nitrogens with one attached hydrogen (secondary N) is 1. The quantitative estimate of drug-likeness (QED) is 0.294. The first-order valence-electron chi connectivity index (χ1n) is 13.0. The van der Waals surface area contributed by atoms with Crippen LogP contribution in [0.15, 0.2) is 65.4 Å². The third-order valence-electron chi connectivity index (χ3n) is 7.29. The first kappa shape index (κ1) is 27.1. The molecule has 39 heavy (non-hydrogen) atoms. The molecule has 202 valence electrons. The van der Waals surface area contributed by atoms with Crippen LogP contribution < -0.4 is 5.32 Å². The lowest BCUT2D eigenvalue weighted by Crippen LogP contribution is -2.43. The normalized spacial score (nSPS) is 14.0. The molecule has 8 nitrogen and oxygen atoms in total. The Morgan fingerprint density at radius 1 is 1.10 bits per heavy atom. The summed E-state index contributed by atoms with van der Waals surface area (Å²) in [5, 5.41) is 11.9. The fourth-order valence-corrected chi connectivity index (χ4v) is 5.47. The summed E-state index contributed by atoms with van der Waals surface area (Å²) in [5.74, 6) is -0.145. The van der Waals surface area contributed by atoms with E-state index in [1.54, 1.807) is 16.9 Å². The maximum atomic E-state index is 13.7. The van der Waals surface area contributed by atoms with Crippen LogP contribution in [-0.2, 0) is 17.9 Å². The van der Waals surface area contributed by atoms with E-state index >= 15 is 0 Å². The number of rotatable bonds is 7. The van der Waals surface area contributed by atoms with Crippen LogP contribution in [-0.4, -0.2) is 49.4 Å². The Kier molecular flexibility index (Phi) is 8.18. The molecule has 3 heterocycles. The Bertz CT molecular complexity index is 1490. The zero-order chi connectivity index (χ0) is 27.5. The van der Waals surface area contributed by atoms with Crippen molar-refractivity contribution in [2.45, 2.75) is 39.8 Å². The van der Waals surface area contributed by atoms with Crippen LogP contribution in [0.1, 0.15) is 41.5 Å². The van der Waals surface area contributed by atoms with Crippen molar-refractivity contribution in [1.29, 1.82) is 0 Å². The van der Waals surface area contributed by atoms with Gasteiger partial charge in [0.1, 0.15) is 5.69 Å². The standard InChI is InChI=1S/C29H30BrClN6O2/c1-3-35-18-24(20-7-5-4-6-8-20)27(19(35)2)29(39)36-13-11-21(12-14-36)28(38)32-16-22-17-37(34-33-22)23-9-10-25(30)26(31)15-23/h4-10,15,17-18,21H,3,11-14,16H2,1-2H3,(H,32,38). The van der Waals surface area contributed by atoms with Crippen molar-refractivity contribution in [3.8, 4) is 16.8 Å². The number of piperidine rings is 1. The molecule has 1 aliphatic heterocycles. The van der Waals surface area contributed by atoms with Crippen LogP contribution in [0.4, 0.5) is 0 Å². The first-order valence-corrected chi connectivity index (χ1v) is 14.2. The minimum absolute atomic E-state index is 0.0263. The molecule has 1 saturated heterocycles. The number of carbonyl (C=O) groups is 2. The van der Waals surface area contributed by atoms with Crippen molar-refractivity contribution in [2.24, 2.45) is 5.92 Å². The van der Waals surface area contributed by atoms with E-state index in [1.165, 1.54) is 0 Å². The molecular formula is C29H30BrClN6O2. The minimum atomic E-state index is -0.149. The van der Waals surface area contributed by atoms with Gasteiger partial charge in [-0.05, 0) is 66.4 Å². The maximum absolute atomic E-state index is 13.7. The molecule has 10 heteroatoms. The highest BCUT2D eigenvalue weighted by Crippen LogP contribution is 2.31. The van der Waals surface area contributed by atoms with Gasteiger partial charge in [0, 0.05) is 47.5 Å². The highest BCUT2D eigenvalue weighted by Gasteiger charge is 2.30. The number of halogens is 2. The summed E-state index contributed by atoms with van der Waals surface area (Å²) in [4.78, 5) is 28.5. The third-order valence-corrected chi connectivity index (χ3v) is 8.52. The number of carbonyl (C=O) groups excluding carboxylic acids is 2. The maximum Gasteiger partial charge on any atom is 0.256 e. The van der Waals surface area contributed by atoms with Gasteiger partial charge in [-0.3, -0.25) is 9.59 Å². The number of benzene rings is 2. The van der Waals surface area contributed by atoms with Gasteiger partial charge in [0.15, 0.2) is 0 Å². The van der Waals surface area contributed by atoms with Crippen LogP contribution in [0.25, 0.3) is 16.8 Å². The molecule has 0 unspecified atom stereocenters. The molecule has 2 aromatic heterocycles. The van der Waals surface area contributed by atoms with Gasteiger partial charge in [0.05, 0.1) is 29.0 Å². The summed E-state index contributed by atoms with van der Waals surface area (Å²) in [6.45, 7) is 6.25. The summed E-state index contributed by atoms with van der Waals surface area (Å²) in [6, 6.07) is 15.5. The Morgan fingerprint density at radius 3 is 2.54 bits per heavy atom. The lowest BCUT2D eigenvalue weighted by Gasteiger charge is -2.31. The smallest absolute Gasteiger partial charge is 0.256 e. The zero-order valence-electron chi connectivity index (χ0n) is 21.9. The predicted molar refractivity (Wildman–Crippen MR) is 155 cm³/mol. The fourth-order valence-electron chi connectivity index (χ4n) is 5.05. The topological polar surface area (TPSA) is 85.0 Å². The number of aromatic nitrogens is 4. The molecule has 0 aliphatic carbocycles. The van der Waals surface area contributed by atoms with Crippen molar-refractivity contribution in [2.75, 3.05) is 13.1 Å². The van der Waals surface area contributed by atoms with Crippen molar-refractivity contribution in [3.05, 3.63) is 87.4 Å². The highest BCUT2D eigenvalue weighted by molar-refractivity contribution is 9.10. The molecule has 1 N–H and O–H groups in total. The van der Waals surface area contributed by atoms with Gasteiger partial charge in [-0.25, -0.2) is 4.68 Å². The monoisotopic (exact) mass is 608 g/mol. The molecule has 0 atom stereocenters. The first-order chi connectivity index (χ1) is 18.9. The molecular weight excluding hydrogens is 580 g/mol. The van der Waals surface area contributed by atoms with Gasteiger partial charge in [-0.1, -0.05) is 47.1 Å². The highest BCUT2D eigenvalue weighted by atomic mass is 79.9. The Labute approximate surface area is 241 Å². The number of amides is 2. The van der Waals surface area contributed by atoms with E-state index in [9.17, 15) is 9.59 Å². The van der Waals surface area contributed by atoms with Crippen molar-refractivity contribution >= 4 is 39.3 Å². The second kappa shape index (κ2) is 11.8. The largest absolute Gasteiger partial charge is 0.351 e. The van der Waals surface area contributed by atoms with Crippen molar-refractivity contribution in [3.63, 3.8) is 0 Å². The van der Waals surface area contributed by atoms with Crippen LogP contribution in [0, 0.1) is 12.8 Å². The predicted octanol–water partition coefficient (Wildman–Crippen LogP) is 5.65. The molecule has 4 aromatic rings. The molecule has 2 aromatic carbocycles. The van der Waals surface area contributed by atoms with Crippen LogP contribution in [0.3, 0.4) is 0 Å². The molecule has 2 amide bonds. The second-order valence-corrected chi connectivity index (χ2v) is 11.0. The van der Waals surface area contributed by atoms with E-state index in [0.29, 0.717) is 36.6 Å². The summed E-state index contributed by atoms with van der Waals surface area (Å²) < 4.78 is 4.55. The SMILES string of the molecule is CCn1cc(-c2ccccc2)c(C(=O)N2CCC(C(=O)NCc3cn(-c4ccc(Br)c(Cl)c4)nn3)CC2)c1C. The third kappa shape index (κ3) is 5.79. The second-order valence-electron chi connectivity index (χ2n) is 9.69. The van der Waals surface area contributed by atoms with E-state index in [4.69, 9.17) is 11.6 Å². The van der Waals surface area contributed by atoms with Crippen LogP contribution in [0.5, 0.6) is 0 Å². The zero-order valence-corrected chi connectivity index (χ0v) is 24.2. The molecule has 1 aliphatic rings. The Morgan fingerprint density at radius 2 is 1.85 bits per heavy atom. The van der Waals surface area contributed by atoms with Gasteiger partial charge in [-0.15, -0.1) is 5.10 Å². The summed E-state index contributed by atoms with van der Waals surface area (Å²) >= 11 is 9.57. The molecule has 5 rings (SSSR count). The van der Waals surface area contributed by atoms with Crippen LogP contribution in [0.2, 0.25) is 5.02 Å². The molecule has 0 saturated carbocycles. The van der Waals surface area contributed by atoms with Gasteiger partial charge >= 0.3 is 0 Å². The number of aryl methyl sites for hydroxylation is 1. The molecule has 0 bridgehead atoms. The van der Waals surface area contributed by atoms with Gasteiger partial charge in [-0.2, -0.15) is 0 Å². The fraction of sp³-hybridized carbons (Fsp3) is 0.310. The van der Waals surface area contributed by atoms with Crippen molar-refractivity contribution in [1.82, 2.24) is 29.8 Å². The molecule has 1 fully saturated rings. The number of hydrogen-bond donors (Lipinski definition) is 1. The average molecular weight is 610 g/mol. The number of likely N-dealkylation sites (tertiary alicyclic amines) is 1. The van der Waals surface area contributed by atoms with Gasteiger partial charge < -0.3 is 14.8 Å².